The van der Waals surface area contributed by atoms with Crippen molar-refractivity contribution in [1.29, 1.82) is 0 Å². The molecular formula is C10H17NO. The first kappa shape index (κ1) is 9.30. The summed E-state index contributed by atoms with van der Waals surface area (Å²) in [7, 11) is 0. The van der Waals surface area contributed by atoms with E-state index in [2.05, 4.69) is 6.58 Å². The zero-order chi connectivity index (χ0) is 9.14. The predicted molar refractivity (Wildman–Crippen MR) is 49.8 cm³/mol. The van der Waals surface area contributed by atoms with Gasteiger partial charge >= 0.3 is 0 Å². The Bertz CT molecular complexity index is 182. The quantitative estimate of drug-likeness (QED) is 0.585. The fourth-order valence-electron chi connectivity index (χ4n) is 1.25. The molecule has 0 spiro atoms. The number of carbonyl (C=O) groups excluding carboxylic acids is 1. The van der Waals surface area contributed by atoms with Crippen molar-refractivity contribution in [1.82, 2.24) is 4.90 Å². The molecule has 0 unspecified atom stereocenters. The van der Waals surface area contributed by atoms with Crippen LogP contribution in [-0.4, -0.2) is 23.4 Å². The average molecular weight is 167 g/mol. The van der Waals surface area contributed by atoms with E-state index >= 15 is 0 Å². The van der Waals surface area contributed by atoms with Crippen LogP contribution in [0.15, 0.2) is 12.7 Å². The lowest BCUT2D eigenvalue weighted by atomic mass is 10.2. The van der Waals surface area contributed by atoms with Crippen molar-refractivity contribution in [2.45, 2.75) is 32.7 Å². The molecule has 1 fully saturated rings. The number of hydrogen-bond donors (Lipinski definition) is 0. The van der Waals surface area contributed by atoms with Gasteiger partial charge < -0.3 is 4.90 Å². The Kier molecular flexibility index (Phi) is 2.90. The fraction of sp³-hybridized carbons (Fsp3) is 0.700. The highest BCUT2D eigenvalue weighted by Crippen LogP contribution is 2.30. The van der Waals surface area contributed by atoms with Gasteiger partial charge in [-0.25, -0.2) is 0 Å². The van der Waals surface area contributed by atoms with Crippen molar-refractivity contribution in [2.24, 2.45) is 5.92 Å². The number of hydrogen-bond acceptors (Lipinski definition) is 1. The van der Waals surface area contributed by atoms with Crippen LogP contribution in [0, 0.1) is 5.92 Å². The summed E-state index contributed by atoms with van der Waals surface area (Å²) in [4.78, 5) is 13.2. The number of nitrogens with zero attached hydrogens (tertiary/aromatic N) is 1. The molecule has 2 heteroatoms. The maximum atomic E-state index is 11.3. The second kappa shape index (κ2) is 3.74. The van der Waals surface area contributed by atoms with E-state index in [1.807, 2.05) is 18.7 Å². The Labute approximate surface area is 74.2 Å². The van der Waals surface area contributed by atoms with E-state index in [-0.39, 0.29) is 5.91 Å². The van der Waals surface area contributed by atoms with Crippen LogP contribution in [0.4, 0.5) is 0 Å². The molecule has 0 aliphatic heterocycles. The van der Waals surface area contributed by atoms with E-state index in [1.54, 1.807) is 0 Å². The first-order chi connectivity index (χ1) is 5.65. The smallest absolute Gasteiger partial charge is 0.246 e. The Balaban J connectivity index is 2.46. The first-order valence-electron chi connectivity index (χ1n) is 4.58. The van der Waals surface area contributed by atoms with Crippen LogP contribution in [0.5, 0.6) is 0 Å². The molecule has 0 atom stereocenters. The Morgan fingerprint density at radius 1 is 1.67 bits per heavy atom. The second-order valence-corrected chi connectivity index (χ2v) is 3.73. The third-order valence-corrected chi connectivity index (χ3v) is 2.23. The highest BCUT2D eigenvalue weighted by atomic mass is 16.2. The fourth-order valence-corrected chi connectivity index (χ4v) is 1.25. The number of rotatable bonds is 4. The van der Waals surface area contributed by atoms with E-state index in [0.717, 1.165) is 12.5 Å². The maximum Gasteiger partial charge on any atom is 0.246 e. The summed E-state index contributed by atoms with van der Waals surface area (Å²) in [5.41, 5.74) is 0. The van der Waals surface area contributed by atoms with Gasteiger partial charge in [0.25, 0.3) is 0 Å². The lowest BCUT2D eigenvalue weighted by Gasteiger charge is -2.25. The summed E-state index contributed by atoms with van der Waals surface area (Å²) >= 11 is 0. The third kappa shape index (κ3) is 2.36. The SMILES string of the molecule is C=CC(=O)N(CC1CC1)C(C)C. The maximum absolute atomic E-state index is 11.3. The summed E-state index contributed by atoms with van der Waals surface area (Å²) in [6.45, 7) is 8.51. The van der Waals surface area contributed by atoms with Crippen LogP contribution < -0.4 is 0 Å². The van der Waals surface area contributed by atoms with Gasteiger partial charge in [-0.05, 0) is 38.7 Å². The molecule has 12 heavy (non-hydrogen) atoms. The summed E-state index contributed by atoms with van der Waals surface area (Å²) in [6, 6.07) is 0.302. The normalized spacial score (nSPS) is 16.2. The summed E-state index contributed by atoms with van der Waals surface area (Å²) < 4.78 is 0. The van der Waals surface area contributed by atoms with Gasteiger partial charge in [0.1, 0.15) is 0 Å². The summed E-state index contributed by atoms with van der Waals surface area (Å²) in [5, 5.41) is 0. The van der Waals surface area contributed by atoms with Crippen LogP contribution in [0.3, 0.4) is 0 Å². The molecule has 68 valence electrons. The molecule has 0 aromatic heterocycles. The monoisotopic (exact) mass is 167 g/mol. The molecular weight excluding hydrogens is 150 g/mol. The van der Waals surface area contributed by atoms with E-state index < -0.39 is 0 Å². The minimum absolute atomic E-state index is 0.0666. The minimum Gasteiger partial charge on any atom is -0.336 e. The van der Waals surface area contributed by atoms with Crippen molar-refractivity contribution in [2.75, 3.05) is 6.54 Å². The Morgan fingerprint density at radius 3 is 2.58 bits per heavy atom. The van der Waals surface area contributed by atoms with Crippen molar-refractivity contribution in [3.63, 3.8) is 0 Å². The lowest BCUT2D eigenvalue weighted by Crippen LogP contribution is -2.37. The van der Waals surface area contributed by atoms with E-state index in [9.17, 15) is 4.79 Å². The second-order valence-electron chi connectivity index (χ2n) is 3.73. The van der Waals surface area contributed by atoms with Crippen LogP contribution in [0.25, 0.3) is 0 Å². The highest BCUT2D eigenvalue weighted by molar-refractivity contribution is 5.87. The van der Waals surface area contributed by atoms with Gasteiger partial charge in [-0.3, -0.25) is 4.79 Å². The van der Waals surface area contributed by atoms with Crippen LogP contribution in [0.2, 0.25) is 0 Å². The molecule has 0 heterocycles. The number of amides is 1. The van der Waals surface area contributed by atoms with Crippen LogP contribution in [-0.2, 0) is 4.79 Å². The molecule has 2 nitrogen and oxygen atoms in total. The Morgan fingerprint density at radius 2 is 2.25 bits per heavy atom. The highest BCUT2D eigenvalue weighted by Gasteiger charge is 2.26. The van der Waals surface area contributed by atoms with E-state index in [4.69, 9.17) is 0 Å². The molecule has 0 aromatic rings. The van der Waals surface area contributed by atoms with Crippen molar-refractivity contribution >= 4 is 5.91 Å². The summed E-state index contributed by atoms with van der Waals surface area (Å²) in [6.07, 6.45) is 3.98. The molecule has 1 aliphatic rings. The minimum atomic E-state index is 0.0666. The third-order valence-electron chi connectivity index (χ3n) is 2.23. The molecule has 1 amide bonds. The standard InChI is InChI=1S/C10H17NO/c1-4-10(12)11(8(2)3)7-9-5-6-9/h4,8-9H,1,5-7H2,2-3H3. The van der Waals surface area contributed by atoms with Gasteiger partial charge in [-0.15, -0.1) is 0 Å². The molecule has 1 aliphatic carbocycles. The molecule has 1 rings (SSSR count). The van der Waals surface area contributed by atoms with Crippen molar-refractivity contribution in [3.8, 4) is 0 Å². The molecule has 0 N–H and O–H groups in total. The lowest BCUT2D eigenvalue weighted by molar-refractivity contribution is -0.127. The van der Waals surface area contributed by atoms with Gasteiger partial charge in [0.05, 0.1) is 0 Å². The van der Waals surface area contributed by atoms with Gasteiger partial charge in [0.15, 0.2) is 0 Å². The number of carbonyl (C=O) groups is 1. The average Bonchev–Trinajstić information content (AvgIpc) is 2.81. The topological polar surface area (TPSA) is 20.3 Å². The summed E-state index contributed by atoms with van der Waals surface area (Å²) in [5.74, 6) is 0.827. The van der Waals surface area contributed by atoms with Gasteiger partial charge in [0, 0.05) is 12.6 Å². The molecule has 0 saturated heterocycles. The van der Waals surface area contributed by atoms with Gasteiger partial charge in [0.2, 0.25) is 5.91 Å². The van der Waals surface area contributed by atoms with Gasteiger partial charge in [-0.1, -0.05) is 6.58 Å². The molecule has 0 aromatic carbocycles. The first-order valence-corrected chi connectivity index (χ1v) is 4.58. The zero-order valence-corrected chi connectivity index (χ0v) is 7.92. The largest absolute Gasteiger partial charge is 0.336 e. The predicted octanol–water partition coefficient (Wildman–Crippen LogP) is 1.82. The van der Waals surface area contributed by atoms with Crippen molar-refractivity contribution in [3.05, 3.63) is 12.7 Å². The van der Waals surface area contributed by atoms with Crippen LogP contribution >= 0.6 is 0 Å². The van der Waals surface area contributed by atoms with E-state index in [0.29, 0.717) is 6.04 Å². The van der Waals surface area contributed by atoms with Crippen LogP contribution in [0.1, 0.15) is 26.7 Å². The van der Waals surface area contributed by atoms with E-state index in [1.165, 1.54) is 18.9 Å². The van der Waals surface area contributed by atoms with Gasteiger partial charge in [-0.2, -0.15) is 0 Å². The molecule has 0 radical (unpaired) electrons. The molecule has 0 bridgehead atoms. The molecule has 1 saturated carbocycles. The Hall–Kier alpha value is -0.790. The zero-order valence-electron chi connectivity index (χ0n) is 7.92. The van der Waals surface area contributed by atoms with Crippen molar-refractivity contribution < 1.29 is 4.79 Å².